The van der Waals surface area contributed by atoms with Crippen LogP contribution in [-0.4, -0.2) is 31.9 Å². The fourth-order valence-electron chi connectivity index (χ4n) is 8.59. The number of allylic oxidation sites excluding steroid dienone is 1. The summed E-state index contributed by atoms with van der Waals surface area (Å²) in [6.45, 7) is 8.85. The number of hydrogen-bond donors (Lipinski definition) is 0. The Kier molecular flexibility index (Phi) is 8.21. The molecular weight excluding hydrogens is 472 g/mol. The minimum atomic E-state index is -0.0720. The molecule has 0 amide bonds. The Hall–Kier alpha value is -1.36. The first-order valence-electron chi connectivity index (χ1n) is 15.9. The van der Waals surface area contributed by atoms with Gasteiger partial charge in [0.05, 0.1) is 12.7 Å². The number of rotatable bonds is 8. The quantitative estimate of drug-likeness (QED) is 0.323. The maximum Gasteiger partial charge on any atom is 0.199 e. The van der Waals surface area contributed by atoms with Crippen molar-refractivity contribution in [2.24, 2.45) is 29.1 Å². The lowest BCUT2D eigenvalue weighted by Gasteiger charge is -2.51. The molecule has 2 heterocycles. The molecule has 0 spiro atoms. The predicted molar refractivity (Wildman–Crippen MR) is 151 cm³/mol. The van der Waals surface area contributed by atoms with Gasteiger partial charge in [0.15, 0.2) is 12.6 Å². The Labute approximate surface area is 230 Å². The van der Waals surface area contributed by atoms with Gasteiger partial charge in [-0.3, -0.25) is 0 Å². The van der Waals surface area contributed by atoms with Crippen molar-refractivity contribution >= 4 is 0 Å². The van der Waals surface area contributed by atoms with Gasteiger partial charge in [0.25, 0.3) is 0 Å². The average molecular weight is 523 g/mol. The van der Waals surface area contributed by atoms with Crippen molar-refractivity contribution in [3.63, 3.8) is 0 Å². The second-order valence-electron chi connectivity index (χ2n) is 13.2. The number of benzene rings is 1. The van der Waals surface area contributed by atoms with Gasteiger partial charge in [-0.05, 0) is 104 Å². The largest absolute Gasteiger partial charge is 0.465 e. The summed E-state index contributed by atoms with van der Waals surface area (Å²) in [7, 11) is 0. The third-order valence-electron chi connectivity index (χ3n) is 11.0. The van der Waals surface area contributed by atoms with Crippen molar-refractivity contribution in [2.45, 2.75) is 122 Å². The molecule has 0 aromatic heterocycles. The van der Waals surface area contributed by atoms with Gasteiger partial charge in [0.2, 0.25) is 0 Å². The van der Waals surface area contributed by atoms with Crippen molar-refractivity contribution in [2.75, 3.05) is 13.2 Å². The van der Waals surface area contributed by atoms with Gasteiger partial charge in [0, 0.05) is 24.9 Å². The van der Waals surface area contributed by atoms with Gasteiger partial charge in [-0.2, -0.15) is 0 Å². The molecular formula is C34H50O4. The molecule has 4 heteroatoms. The first-order valence-corrected chi connectivity index (χ1v) is 15.9. The summed E-state index contributed by atoms with van der Waals surface area (Å²) in [4.78, 5) is 0. The van der Waals surface area contributed by atoms with E-state index in [1.54, 1.807) is 5.56 Å². The SMILES string of the molecule is CCC(CC)CC1CCOC(OC2C=CC3C4CCc5cc(OC6CCCCO6)ccc5C4CCC23C)C1. The fourth-order valence-corrected chi connectivity index (χ4v) is 8.59. The maximum absolute atomic E-state index is 6.80. The second-order valence-corrected chi connectivity index (χ2v) is 13.2. The van der Waals surface area contributed by atoms with Crippen molar-refractivity contribution in [1.29, 1.82) is 0 Å². The van der Waals surface area contributed by atoms with Gasteiger partial charge in [-0.15, -0.1) is 0 Å². The summed E-state index contributed by atoms with van der Waals surface area (Å²) in [6, 6.07) is 6.88. The zero-order valence-corrected chi connectivity index (χ0v) is 24.0. The van der Waals surface area contributed by atoms with Crippen molar-refractivity contribution in [1.82, 2.24) is 0 Å². The monoisotopic (exact) mass is 522 g/mol. The van der Waals surface area contributed by atoms with Crippen LogP contribution < -0.4 is 4.74 Å². The van der Waals surface area contributed by atoms with Crippen LogP contribution in [0.4, 0.5) is 0 Å². The molecule has 1 aromatic rings. The second kappa shape index (κ2) is 11.6. The molecule has 0 bridgehead atoms. The highest BCUT2D eigenvalue weighted by Gasteiger charge is 2.53. The normalized spacial score (nSPS) is 38.5. The summed E-state index contributed by atoms with van der Waals surface area (Å²) in [5.74, 6) is 4.52. The lowest BCUT2D eigenvalue weighted by molar-refractivity contribution is -0.215. The van der Waals surface area contributed by atoms with Crippen LogP contribution >= 0.6 is 0 Å². The van der Waals surface area contributed by atoms with Crippen molar-refractivity contribution < 1.29 is 18.9 Å². The fraction of sp³-hybridized carbons (Fsp3) is 0.765. The molecule has 5 aliphatic rings. The highest BCUT2D eigenvalue weighted by Crippen LogP contribution is 2.59. The molecule has 4 nitrogen and oxygen atoms in total. The van der Waals surface area contributed by atoms with E-state index in [2.05, 4.69) is 51.1 Å². The van der Waals surface area contributed by atoms with Crippen molar-refractivity contribution in [3.8, 4) is 5.75 Å². The Morgan fingerprint density at radius 3 is 2.66 bits per heavy atom. The maximum atomic E-state index is 6.80. The third kappa shape index (κ3) is 5.34. The van der Waals surface area contributed by atoms with Gasteiger partial charge in [0.1, 0.15) is 5.75 Å². The summed E-state index contributed by atoms with van der Waals surface area (Å²) >= 11 is 0. The van der Waals surface area contributed by atoms with Gasteiger partial charge >= 0.3 is 0 Å². The molecule has 2 saturated heterocycles. The van der Waals surface area contributed by atoms with Gasteiger partial charge in [-0.1, -0.05) is 51.8 Å². The van der Waals surface area contributed by atoms with E-state index < -0.39 is 0 Å². The van der Waals surface area contributed by atoms with E-state index in [4.69, 9.17) is 18.9 Å². The standard InChI is InChI=1S/C34H50O4/c1-4-23(5-2)20-24-16-19-36-33(21-24)38-31-14-13-30-29-11-9-25-22-26(37-32-8-6-7-18-35-32)10-12-27(25)28(29)15-17-34(30,31)3/h10,12-14,22-24,28-33H,4-9,11,15-21H2,1-3H3. The molecule has 8 unspecified atom stereocenters. The van der Waals surface area contributed by atoms with E-state index >= 15 is 0 Å². The highest BCUT2D eigenvalue weighted by molar-refractivity contribution is 5.41. The molecule has 8 atom stereocenters. The molecule has 1 aromatic carbocycles. The number of fused-ring (bicyclic) bond motifs is 5. The Morgan fingerprint density at radius 2 is 1.84 bits per heavy atom. The number of aryl methyl sites for hydroxylation is 1. The van der Waals surface area contributed by atoms with Crippen LogP contribution in [0.25, 0.3) is 0 Å². The minimum Gasteiger partial charge on any atom is -0.465 e. The number of hydrogen-bond acceptors (Lipinski definition) is 4. The van der Waals surface area contributed by atoms with Crippen LogP contribution in [0.1, 0.15) is 108 Å². The van der Waals surface area contributed by atoms with Crippen molar-refractivity contribution in [3.05, 3.63) is 41.5 Å². The molecule has 1 saturated carbocycles. The topological polar surface area (TPSA) is 36.9 Å². The highest BCUT2D eigenvalue weighted by atomic mass is 16.7. The van der Waals surface area contributed by atoms with Crippen LogP contribution in [0.5, 0.6) is 5.75 Å². The summed E-state index contributed by atoms with van der Waals surface area (Å²) in [5, 5.41) is 0. The summed E-state index contributed by atoms with van der Waals surface area (Å²) in [6.07, 6.45) is 19.4. The van der Waals surface area contributed by atoms with Crippen LogP contribution in [0.2, 0.25) is 0 Å². The first kappa shape index (κ1) is 26.8. The molecule has 3 aliphatic carbocycles. The van der Waals surface area contributed by atoms with E-state index in [1.165, 1.54) is 56.9 Å². The van der Waals surface area contributed by atoms with E-state index in [0.29, 0.717) is 17.8 Å². The lowest BCUT2D eigenvalue weighted by atomic mass is 9.55. The van der Waals surface area contributed by atoms with Crippen LogP contribution in [0.3, 0.4) is 0 Å². The van der Waals surface area contributed by atoms with E-state index in [0.717, 1.165) is 56.5 Å². The van der Waals surface area contributed by atoms with Crippen LogP contribution in [0.15, 0.2) is 30.4 Å². The summed E-state index contributed by atoms with van der Waals surface area (Å²) in [5.41, 5.74) is 3.25. The lowest BCUT2D eigenvalue weighted by Crippen LogP contribution is -2.47. The van der Waals surface area contributed by atoms with Crippen LogP contribution in [0, 0.1) is 29.1 Å². The average Bonchev–Trinajstić information content (AvgIpc) is 3.28. The van der Waals surface area contributed by atoms with E-state index in [9.17, 15) is 0 Å². The molecule has 210 valence electrons. The molecule has 0 N–H and O–H groups in total. The Morgan fingerprint density at radius 1 is 0.974 bits per heavy atom. The smallest absolute Gasteiger partial charge is 0.199 e. The zero-order chi connectivity index (χ0) is 26.1. The predicted octanol–water partition coefficient (Wildman–Crippen LogP) is 8.19. The molecule has 6 rings (SSSR count). The van der Waals surface area contributed by atoms with Gasteiger partial charge < -0.3 is 18.9 Å². The summed E-state index contributed by atoms with van der Waals surface area (Å²) < 4.78 is 25.0. The van der Waals surface area contributed by atoms with Crippen LogP contribution in [-0.2, 0) is 20.6 Å². The van der Waals surface area contributed by atoms with E-state index in [1.807, 2.05) is 0 Å². The third-order valence-corrected chi connectivity index (χ3v) is 11.0. The first-order chi connectivity index (χ1) is 18.6. The van der Waals surface area contributed by atoms with Gasteiger partial charge in [-0.25, -0.2) is 0 Å². The Bertz CT molecular complexity index is 963. The number of ether oxygens (including phenoxy) is 4. The molecule has 3 fully saturated rings. The Balaban J connectivity index is 1.09. The van der Waals surface area contributed by atoms with E-state index in [-0.39, 0.29) is 24.1 Å². The zero-order valence-electron chi connectivity index (χ0n) is 24.0. The minimum absolute atomic E-state index is 0.0373. The molecule has 38 heavy (non-hydrogen) atoms. The molecule has 0 radical (unpaired) electrons. The molecule has 2 aliphatic heterocycles.